The van der Waals surface area contributed by atoms with E-state index in [-0.39, 0.29) is 0 Å². The van der Waals surface area contributed by atoms with E-state index in [2.05, 4.69) is 6.58 Å². The zero-order chi connectivity index (χ0) is 14.0. The summed E-state index contributed by atoms with van der Waals surface area (Å²) in [6, 6.07) is 8.85. The van der Waals surface area contributed by atoms with Crippen LogP contribution in [0.15, 0.2) is 49.0 Å². The first-order chi connectivity index (χ1) is 8.90. The van der Waals surface area contributed by atoms with Gasteiger partial charge in [-0.05, 0) is 47.0 Å². The molecule has 0 atom stereocenters. The molecule has 0 aliphatic heterocycles. The molecule has 0 unspecified atom stereocenters. The summed E-state index contributed by atoms with van der Waals surface area (Å²) < 4.78 is 50.6. The van der Waals surface area contributed by atoms with Gasteiger partial charge in [-0.3, -0.25) is 0 Å². The van der Waals surface area contributed by atoms with Crippen LogP contribution in [0.1, 0.15) is 11.1 Å². The third-order valence-corrected chi connectivity index (χ3v) is 2.70. The van der Waals surface area contributed by atoms with Gasteiger partial charge in [-0.15, -0.1) is 0 Å². The van der Waals surface area contributed by atoms with Crippen LogP contribution in [0.2, 0.25) is 0 Å². The molecule has 0 aromatic heterocycles. The van der Waals surface area contributed by atoms with Gasteiger partial charge in [-0.1, -0.05) is 24.8 Å². The van der Waals surface area contributed by atoms with Gasteiger partial charge in [0.15, 0.2) is 0 Å². The minimum Gasteiger partial charge on any atom is -0.207 e. The highest BCUT2D eigenvalue weighted by molar-refractivity contribution is 5.67. The topological polar surface area (TPSA) is 0 Å². The molecule has 2 rings (SSSR count). The molecular weight excluding hydrogens is 256 g/mol. The van der Waals surface area contributed by atoms with Gasteiger partial charge in [0.1, 0.15) is 5.82 Å². The molecule has 0 bridgehead atoms. The summed E-state index contributed by atoms with van der Waals surface area (Å²) in [5, 5.41) is 0. The average Bonchev–Trinajstić information content (AvgIpc) is 2.37. The van der Waals surface area contributed by atoms with E-state index in [4.69, 9.17) is 0 Å². The zero-order valence-electron chi connectivity index (χ0n) is 9.84. The van der Waals surface area contributed by atoms with Crippen molar-refractivity contribution in [2.45, 2.75) is 6.18 Å². The van der Waals surface area contributed by atoms with Crippen molar-refractivity contribution in [2.75, 3.05) is 0 Å². The normalized spacial score (nSPS) is 11.4. The first kappa shape index (κ1) is 13.3. The monoisotopic (exact) mass is 266 g/mol. The first-order valence-electron chi connectivity index (χ1n) is 5.51. The van der Waals surface area contributed by atoms with E-state index in [0.29, 0.717) is 16.7 Å². The molecule has 2 aromatic carbocycles. The van der Waals surface area contributed by atoms with E-state index in [1.165, 1.54) is 30.3 Å². The van der Waals surface area contributed by atoms with E-state index in [1.807, 2.05) is 0 Å². The molecule has 2 aromatic rings. The number of benzene rings is 2. The zero-order valence-corrected chi connectivity index (χ0v) is 9.84. The van der Waals surface area contributed by atoms with Crippen LogP contribution >= 0.6 is 0 Å². The maximum Gasteiger partial charge on any atom is 0.416 e. The van der Waals surface area contributed by atoms with Crippen molar-refractivity contribution in [3.63, 3.8) is 0 Å². The van der Waals surface area contributed by atoms with Gasteiger partial charge < -0.3 is 0 Å². The van der Waals surface area contributed by atoms with Gasteiger partial charge in [0.2, 0.25) is 0 Å². The molecule has 0 fully saturated rings. The number of rotatable bonds is 2. The molecule has 0 N–H and O–H groups in total. The molecule has 19 heavy (non-hydrogen) atoms. The lowest BCUT2D eigenvalue weighted by Crippen LogP contribution is -2.04. The smallest absolute Gasteiger partial charge is 0.207 e. The molecule has 0 saturated carbocycles. The van der Waals surface area contributed by atoms with Crippen molar-refractivity contribution < 1.29 is 17.6 Å². The van der Waals surface area contributed by atoms with Crippen LogP contribution in [0.4, 0.5) is 17.6 Å². The van der Waals surface area contributed by atoms with Crippen molar-refractivity contribution in [1.29, 1.82) is 0 Å². The Labute approximate surface area is 108 Å². The number of halogens is 4. The Morgan fingerprint density at radius 3 is 2.05 bits per heavy atom. The fourth-order valence-corrected chi connectivity index (χ4v) is 1.75. The molecule has 0 amide bonds. The lowest BCUT2D eigenvalue weighted by atomic mass is 10.0. The third-order valence-electron chi connectivity index (χ3n) is 2.70. The molecule has 0 aliphatic carbocycles. The fourth-order valence-electron chi connectivity index (χ4n) is 1.75. The van der Waals surface area contributed by atoms with E-state index in [9.17, 15) is 17.6 Å². The summed E-state index contributed by atoms with van der Waals surface area (Å²) in [6.45, 7) is 3.54. The van der Waals surface area contributed by atoms with Crippen LogP contribution in [-0.2, 0) is 6.18 Å². The van der Waals surface area contributed by atoms with E-state index in [1.54, 1.807) is 6.07 Å². The highest BCUT2D eigenvalue weighted by Crippen LogP contribution is 2.31. The van der Waals surface area contributed by atoms with Crippen molar-refractivity contribution in [1.82, 2.24) is 0 Å². The Kier molecular flexibility index (Phi) is 3.42. The Morgan fingerprint density at radius 2 is 1.53 bits per heavy atom. The van der Waals surface area contributed by atoms with Crippen LogP contribution in [0.3, 0.4) is 0 Å². The van der Waals surface area contributed by atoms with E-state index in [0.717, 1.165) is 12.1 Å². The maximum absolute atomic E-state index is 13.3. The van der Waals surface area contributed by atoms with E-state index >= 15 is 0 Å². The summed E-state index contributed by atoms with van der Waals surface area (Å²) in [4.78, 5) is 0. The standard InChI is InChI=1S/C15H10F4/c1-2-10-7-12(9-14(16)8-10)11-3-5-13(6-4-11)15(17,18)19/h2-9H,1H2. The molecule has 0 spiro atoms. The summed E-state index contributed by atoms with van der Waals surface area (Å²) in [6.07, 6.45) is -2.89. The first-order valence-corrected chi connectivity index (χ1v) is 5.51. The van der Waals surface area contributed by atoms with Crippen LogP contribution in [0.25, 0.3) is 17.2 Å². The van der Waals surface area contributed by atoms with Crippen LogP contribution < -0.4 is 0 Å². The molecular formula is C15H10F4. The summed E-state index contributed by atoms with van der Waals surface area (Å²) in [5.41, 5.74) is 0.894. The van der Waals surface area contributed by atoms with Crippen LogP contribution in [-0.4, -0.2) is 0 Å². The molecule has 0 saturated heterocycles. The number of hydrogen-bond acceptors (Lipinski definition) is 0. The van der Waals surface area contributed by atoms with Crippen molar-refractivity contribution in [3.05, 3.63) is 66.0 Å². The van der Waals surface area contributed by atoms with E-state index < -0.39 is 17.6 Å². The predicted molar refractivity (Wildman–Crippen MR) is 66.9 cm³/mol. The van der Waals surface area contributed by atoms with Crippen LogP contribution in [0, 0.1) is 5.82 Å². The predicted octanol–water partition coefficient (Wildman–Crippen LogP) is 5.15. The third kappa shape index (κ3) is 3.02. The Morgan fingerprint density at radius 1 is 0.895 bits per heavy atom. The van der Waals surface area contributed by atoms with Gasteiger partial charge in [-0.2, -0.15) is 13.2 Å². The molecule has 0 radical (unpaired) electrons. The van der Waals surface area contributed by atoms with Gasteiger partial charge in [0.05, 0.1) is 5.56 Å². The lowest BCUT2D eigenvalue weighted by molar-refractivity contribution is -0.137. The Balaban J connectivity index is 2.42. The number of hydrogen-bond donors (Lipinski definition) is 0. The SMILES string of the molecule is C=Cc1cc(F)cc(-c2ccc(C(F)(F)F)cc2)c1. The fraction of sp³-hybridized carbons (Fsp3) is 0.0667. The summed E-state index contributed by atoms with van der Waals surface area (Å²) >= 11 is 0. The van der Waals surface area contributed by atoms with Gasteiger partial charge in [0, 0.05) is 0 Å². The highest BCUT2D eigenvalue weighted by atomic mass is 19.4. The Bertz CT molecular complexity index is 595. The van der Waals surface area contributed by atoms with Crippen molar-refractivity contribution >= 4 is 6.08 Å². The highest BCUT2D eigenvalue weighted by Gasteiger charge is 2.29. The molecule has 0 nitrogen and oxygen atoms in total. The quantitative estimate of drug-likeness (QED) is 0.659. The maximum atomic E-state index is 13.3. The summed E-state index contributed by atoms with van der Waals surface area (Å²) in [7, 11) is 0. The average molecular weight is 266 g/mol. The number of alkyl halides is 3. The Hall–Kier alpha value is -2.10. The largest absolute Gasteiger partial charge is 0.416 e. The summed E-state index contributed by atoms with van der Waals surface area (Å²) in [5.74, 6) is -0.452. The molecule has 4 heteroatoms. The molecule has 0 aliphatic rings. The van der Waals surface area contributed by atoms with Crippen molar-refractivity contribution in [2.24, 2.45) is 0 Å². The molecule has 0 heterocycles. The second kappa shape index (κ2) is 4.88. The lowest BCUT2D eigenvalue weighted by Gasteiger charge is -2.08. The minimum atomic E-state index is -4.37. The second-order valence-corrected chi connectivity index (χ2v) is 4.05. The van der Waals surface area contributed by atoms with Gasteiger partial charge >= 0.3 is 6.18 Å². The van der Waals surface area contributed by atoms with Gasteiger partial charge in [0.25, 0.3) is 0 Å². The van der Waals surface area contributed by atoms with Crippen molar-refractivity contribution in [3.8, 4) is 11.1 Å². The minimum absolute atomic E-state index is 0.452. The van der Waals surface area contributed by atoms with Gasteiger partial charge in [-0.25, -0.2) is 4.39 Å². The second-order valence-electron chi connectivity index (χ2n) is 4.05. The molecule has 98 valence electrons. The van der Waals surface area contributed by atoms with Crippen LogP contribution in [0.5, 0.6) is 0 Å².